The molecule has 126 valence electrons. The Morgan fingerprint density at radius 1 is 1.48 bits per heavy atom. The second-order valence-corrected chi connectivity index (χ2v) is 6.09. The maximum atomic E-state index is 12.3. The molecule has 2 amide bonds. The summed E-state index contributed by atoms with van der Waals surface area (Å²) in [5, 5.41) is 23.0. The Morgan fingerprint density at radius 2 is 2.13 bits per heavy atom. The molecule has 0 aliphatic carbocycles. The van der Waals surface area contributed by atoms with Crippen molar-refractivity contribution in [3.63, 3.8) is 0 Å². The summed E-state index contributed by atoms with van der Waals surface area (Å²) in [6.07, 6.45) is 1.60. The molecule has 0 aromatic heterocycles. The topological polar surface area (TPSA) is 95.7 Å². The second-order valence-electron chi connectivity index (χ2n) is 6.09. The molecule has 7 heteroatoms. The fraction of sp³-hybridized carbons (Fsp3) is 0.562. The number of nitro groups is 1. The molecule has 0 spiro atoms. The predicted octanol–water partition coefficient (Wildman–Crippen LogP) is 2.38. The molecule has 1 aromatic carbocycles. The van der Waals surface area contributed by atoms with E-state index in [9.17, 15) is 14.9 Å². The number of carbonyl (C=O) groups excluding carboxylic acids is 1. The van der Waals surface area contributed by atoms with Crippen molar-refractivity contribution in [1.29, 1.82) is 0 Å². The van der Waals surface area contributed by atoms with Gasteiger partial charge in [0.25, 0.3) is 5.69 Å². The van der Waals surface area contributed by atoms with Crippen molar-refractivity contribution in [3.8, 4) is 0 Å². The van der Waals surface area contributed by atoms with Gasteiger partial charge < -0.3 is 15.3 Å². The fourth-order valence-corrected chi connectivity index (χ4v) is 2.77. The Kier molecular flexibility index (Phi) is 5.54. The molecule has 1 atom stereocenters. The number of rotatable bonds is 4. The number of aryl methyl sites for hydroxylation is 1. The highest BCUT2D eigenvalue weighted by Crippen LogP contribution is 2.23. The summed E-state index contributed by atoms with van der Waals surface area (Å²) in [6.45, 7) is 4.91. The van der Waals surface area contributed by atoms with Gasteiger partial charge in [0, 0.05) is 31.3 Å². The minimum Gasteiger partial charge on any atom is -0.396 e. The minimum atomic E-state index is -0.410. The largest absolute Gasteiger partial charge is 0.396 e. The molecule has 2 N–H and O–H groups in total. The molecule has 23 heavy (non-hydrogen) atoms. The van der Waals surface area contributed by atoms with Gasteiger partial charge in [-0.1, -0.05) is 12.1 Å². The number of nitrogens with zero attached hydrogens (tertiary/aromatic N) is 2. The van der Waals surface area contributed by atoms with E-state index in [2.05, 4.69) is 5.32 Å². The van der Waals surface area contributed by atoms with E-state index in [4.69, 9.17) is 5.11 Å². The van der Waals surface area contributed by atoms with Crippen LogP contribution in [0.2, 0.25) is 0 Å². The van der Waals surface area contributed by atoms with Crippen LogP contribution in [0.3, 0.4) is 0 Å². The number of likely N-dealkylation sites (tertiary alicyclic amines) is 1. The first kappa shape index (κ1) is 17.2. The van der Waals surface area contributed by atoms with Crippen molar-refractivity contribution in [2.24, 2.45) is 5.92 Å². The van der Waals surface area contributed by atoms with Crippen LogP contribution in [0.5, 0.6) is 0 Å². The zero-order chi connectivity index (χ0) is 17.0. The lowest BCUT2D eigenvalue weighted by molar-refractivity contribution is -0.385. The van der Waals surface area contributed by atoms with Crippen molar-refractivity contribution in [2.45, 2.75) is 32.7 Å². The average molecular weight is 321 g/mol. The monoisotopic (exact) mass is 321 g/mol. The molecule has 1 fully saturated rings. The van der Waals surface area contributed by atoms with Crippen LogP contribution >= 0.6 is 0 Å². The number of hydrogen-bond acceptors (Lipinski definition) is 4. The molecule has 1 aromatic rings. The molecule has 1 saturated heterocycles. The third-order valence-corrected chi connectivity index (χ3v) is 4.43. The number of aliphatic hydroxyl groups excluding tert-OH is 1. The first-order valence-corrected chi connectivity index (χ1v) is 7.83. The van der Waals surface area contributed by atoms with Gasteiger partial charge in [0.1, 0.15) is 0 Å². The third kappa shape index (κ3) is 4.19. The van der Waals surface area contributed by atoms with E-state index in [1.807, 2.05) is 6.92 Å². The Bertz CT molecular complexity index is 583. The Balaban J connectivity index is 1.99. The molecule has 0 radical (unpaired) electrons. The number of urea groups is 1. The number of amides is 2. The van der Waals surface area contributed by atoms with E-state index in [-0.39, 0.29) is 30.3 Å². The zero-order valence-electron chi connectivity index (χ0n) is 13.5. The summed E-state index contributed by atoms with van der Waals surface area (Å²) in [5.74, 6) is 0.274. The highest BCUT2D eigenvalue weighted by atomic mass is 16.6. The van der Waals surface area contributed by atoms with Crippen LogP contribution in [-0.4, -0.2) is 40.7 Å². The highest BCUT2D eigenvalue weighted by molar-refractivity contribution is 5.74. The number of nitro benzene ring substituents is 1. The smallest absolute Gasteiger partial charge is 0.317 e. The van der Waals surface area contributed by atoms with Crippen molar-refractivity contribution in [3.05, 3.63) is 39.4 Å². The molecule has 7 nitrogen and oxygen atoms in total. The van der Waals surface area contributed by atoms with Gasteiger partial charge in [0.15, 0.2) is 0 Å². The summed E-state index contributed by atoms with van der Waals surface area (Å²) in [6, 6.07) is 4.53. The van der Waals surface area contributed by atoms with Crippen LogP contribution in [0.1, 0.15) is 36.9 Å². The van der Waals surface area contributed by atoms with Crippen LogP contribution < -0.4 is 5.32 Å². The maximum absolute atomic E-state index is 12.3. The predicted molar refractivity (Wildman–Crippen MR) is 86.2 cm³/mol. The highest BCUT2D eigenvalue weighted by Gasteiger charge is 2.24. The zero-order valence-corrected chi connectivity index (χ0v) is 13.5. The summed E-state index contributed by atoms with van der Waals surface area (Å²) < 4.78 is 0. The first-order valence-electron chi connectivity index (χ1n) is 7.83. The van der Waals surface area contributed by atoms with Crippen LogP contribution in [0.4, 0.5) is 10.5 Å². The quantitative estimate of drug-likeness (QED) is 0.657. The number of aliphatic hydroxyl groups is 1. The van der Waals surface area contributed by atoms with E-state index in [1.165, 1.54) is 6.07 Å². The van der Waals surface area contributed by atoms with Crippen molar-refractivity contribution < 1.29 is 14.8 Å². The average Bonchev–Trinajstić information content (AvgIpc) is 2.54. The minimum absolute atomic E-state index is 0.0624. The van der Waals surface area contributed by atoms with Gasteiger partial charge in [-0.15, -0.1) is 0 Å². The van der Waals surface area contributed by atoms with Crippen molar-refractivity contribution >= 4 is 11.7 Å². The number of nitrogens with one attached hydrogen (secondary N) is 1. The summed E-state index contributed by atoms with van der Waals surface area (Å²) in [5.41, 5.74) is 1.37. The van der Waals surface area contributed by atoms with Crippen LogP contribution in [0.15, 0.2) is 18.2 Å². The SMILES string of the molecule is Cc1ccc(C(C)NC(=O)N2CCC(CO)CC2)cc1[N+](=O)[O-]. The fourth-order valence-electron chi connectivity index (χ4n) is 2.77. The molecular weight excluding hydrogens is 298 g/mol. The van der Waals surface area contributed by atoms with E-state index in [0.717, 1.165) is 12.8 Å². The molecule has 1 aliphatic rings. The van der Waals surface area contributed by atoms with E-state index in [0.29, 0.717) is 24.2 Å². The number of piperidine rings is 1. The lowest BCUT2D eigenvalue weighted by Crippen LogP contribution is -2.45. The van der Waals surface area contributed by atoms with Crippen LogP contribution in [-0.2, 0) is 0 Å². The Labute approximate surface area is 135 Å². The number of hydrogen-bond donors (Lipinski definition) is 2. The van der Waals surface area contributed by atoms with Crippen molar-refractivity contribution in [2.75, 3.05) is 19.7 Å². The Morgan fingerprint density at radius 3 is 2.70 bits per heavy atom. The number of carbonyl (C=O) groups is 1. The molecule has 1 unspecified atom stereocenters. The third-order valence-electron chi connectivity index (χ3n) is 4.43. The maximum Gasteiger partial charge on any atom is 0.317 e. The van der Waals surface area contributed by atoms with E-state index < -0.39 is 4.92 Å². The molecular formula is C16H23N3O4. The molecule has 1 heterocycles. The summed E-state index contributed by atoms with van der Waals surface area (Å²) >= 11 is 0. The van der Waals surface area contributed by atoms with Gasteiger partial charge in [0.2, 0.25) is 0 Å². The summed E-state index contributed by atoms with van der Waals surface area (Å²) in [7, 11) is 0. The second kappa shape index (κ2) is 7.41. The van der Waals surface area contributed by atoms with Gasteiger partial charge in [-0.2, -0.15) is 0 Å². The molecule has 1 aliphatic heterocycles. The number of benzene rings is 1. The van der Waals surface area contributed by atoms with Gasteiger partial charge in [-0.3, -0.25) is 10.1 Å². The standard InChI is InChI=1S/C16H23N3O4/c1-11-3-4-14(9-15(11)19(22)23)12(2)17-16(21)18-7-5-13(10-20)6-8-18/h3-4,9,12-13,20H,5-8,10H2,1-2H3,(H,17,21). The van der Waals surface area contributed by atoms with Gasteiger partial charge in [-0.25, -0.2) is 4.79 Å². The van der Waals surface area contributed by atoms with Gasteiger partial charge >= 0.3 is 6.03 Å². The molecule has 0 bridgehead atoms. The normalized spacial score (nSPS) is 16.9. The van der Waals surface area contributed by atoms with E-state index in [1.54, 1.807) is 24.0 Å². The van der Waals surface area contributed by atoms with Gasteiger partial charge in [-0.05, 0) is 38.2 Å². The van der Waals surface area contributed by atoms with Crippen molar-refractivity contribution in [1.82, 2.24) is 10.2 Å². The molecule has 2 rings (SSSR count). The van der Waals surface area contributed by atoms with Crippen LogP contribution in [0, 0.1) is 23.0 Å². The lowest BCUT2D eigenvalue weighted by atomic mass is 9.98. The van der Waals surface area contributed by atoms with Crippen LogP contribution in [0.25, 0.3) is 0 Å². The van der Waals surface area contributed by atoms with Gasteiger partial charge in [0.05, 0.1) is 11.0 Å². The Hall–Kier alpha value is -2.15. The lowest BCUT2D eigenvalue weighted by Gasteiger charge is -2.32. The molecule has 0 saturated carbocycles. The van der Waals surface area contributed by atoms with E-state index >= 15 is 0 Å². The summed E-state index contributed by atoms with van der Waals surface area (Å²) in [4.78, 5) is 24.6. The first-order chi connectivity index (χ1) is 10.9.